The summed E-state index contributed by atoms with van der Waals surface area (Å²) in [5.41, 5.74) is 2.81. The van der Waals surface area contributed by atoms with Crippen molar-refractivity contribution in [3.63, 3.8) is 0 Å². The summed E-state index contributed by atoms with van der Waals surface area (Å²) < 4.78 is 0. The molecule has 130 valence electrons. The number of benzene rings is 2. The highest BCUT2D eigenvalue weighted by Crippen LogP contribution is 2.12. The van der Waals surface area contributed by atoms with E-state index in [0.29, 0.717) is 12.1 Å². The minimum absolute atomic E-state index is 0.114. The fourth-order valence-electron chi connectivity index (χ4n) is 2.42. The summed E-state index contributed by atoms with van der Waals surface area (Å²) in [5, 5.41) is 15.2. The van der Waals surface area contributed by atoms with Crippen LogP contribution in [0.15, 0.2) is 53.6 Å². The lowest BCUT2D eigenvalue weighted by atomic mass is 10.1. The number of unbranched alkanes of at least 4 members (excludes halogenated alkanes) is 1. The molecule has 0 bridgehead atoms. The van der Waals surface area contributed by atoms with Crippen molar-refractivity contribution >= 4 is 23.8 Å². The Bertz CT molecular complexity index is 755. The van der Waals surface area contributed by atoms with Crippen LogP contribution in [0, 0.1) is 0 Å². The molecule has 0 fully saturated rings. The average Bonchev–Trinajstić information content (AvgIpc) is 2.60. The van der Waals surface area contributed by atoms with Crippen LogP contribution in [0.25, 0.3) is 0 Å². The Morgan fingerprint density at radius 3 is 2.56 bits per heavy atom. The van der Waals surface area contributed by atoms with Crippen molar-refractivity contribution in [3.8, 4) is 0 Å². The maximum Gasteiger partial charge on any atom is 0.335 e. The smallest absolute Gasteiger partial charge is 0.335 e. The summed E-state index contributed by atoms with van der Waals surface area (Å²) >= 11 is 0. The molecule has 4 N–H and O–H groups in total. The van der Waals surface area contributed by atoms with Crippen molar-refractivity contribution in [1.29, 1.82) is 0 Å². The molecule has 0 saturated carbocycles. The van der Waals surface area contributed by atoms with E-state index in [0.717, 1.165) is 24.8 Å². The summed E-state index contributed by atoms with van der Waals surface area (Å²) in [6.45, 7) is 0. The maximum atomic E-state index is 11.9. The number of carbonyl (C=O) groups excluding carboxylic acids is 1. The molecule has 0 aromatic heterocycles. The van der Waals surface area contributed by atoms with Crippen LogP contribution >= 0.6 is 0 Å². The van der Waals surface area contributed by atoms with E-state index < -0.39 is 5.97 Å². The van der Waals surface area contributed by atoms with Gasteiger partial charge in [0.05, 0.1) is 11.8 Å². The predicted octanol–water partition coefficient (Wildman–Crippen LogP) is 3.03. The first kappa shape index (κ1) is 18.2. The van der Waals surface area contributed by atoms with Crippen molar-refractivity contribution in [1.82, 2.24) is 0 Å². The predicted molar refractivity (Wildman–Crippen MR) is 97.8 cm³/mol. The molecule has 0 heterocycles. The molecule has 25 heavy (non-hydrogen) atoms. The van der Waals surface area contributed by atoms with E-state index in [-0.39, 0.29) is 11.5 Å². The molecule has 0 atom stereocenters. The number of rotatable bonds is 8. The highest BCUT2D eigenvalue weighted by molar-refractivity contribution is 5.93. The van der Waals surface area contributed by atoms with Gasteiger partial charge in [-0.05, 0) is 48.6 Å². The first-order chi connectivity index (χ1) is 12.1. The number of anilines is 1. The van der Waals surface area contributed by atoms with E-state index in [2.05, 4.69) is 10.4 Å². The van der Waals surface area contributed by atoms with Gasteiger partial charge in [-0.15, -0.1) is 0 Å². The summed E-state index contributed by atoms with van der Waals surface area (Å²) in [6, 6.07) is 14.2. The van der Waals surface area contributed by atoms with E-state index in [4.69, 9.17) is 10.9 Å². The van der Waals surface area contributed by atoms with Crippen LogP contribution in [0.4, 0.5) is 5.69 Å². The van der Waals surface area contributed by atoms with Gasteiger partial charge >= 0.3 is 5.97 Å². The molecule has 0 radical (unpaired) electrons. The van der Waals surface area contributed by atoms with Crippen LogP contribution in [0.2, 0.25) is 0 Å². The van der Waals surface area contributed by atoms with Gasteiger partial charge in [0.1, 0.15) is 0 Å². The van der Waals surface area contributed by atoms with Crippen molar-refractivity contribution in [2.24, 2.45) is 10.9 Å². The molecular weight excluding hydrogens is 318 g/mol. The first-order valence-electron chi connectivity index (χ1n) is 8.04. The Kier molecular flexibility index (Phi) is 6.71. The van der Waals surface area contributed by atoms with Gasteiger partial charge in [0.15, 0.2) is 0 Å². The zero-order valence-electron chi connectivity index (χ0n) is 13.8. The Balaban J connectivity index is 1.73. The van der Waals surface area contributed by atoms with Gasteiger partial charge in [0.2, 0.25) is 5.91 Å². The summed E-state index contributed by atoms with van der Waals surface area (Å²) in [4.78, 5) is 22.9. The normalized spacial score (nSPS) is 10.7. The molecule has 0 saturated heterocycles. The van der Waals surface area contributed by atoms with Crippen molar-refractivity contribution in [2.75, 3.05) is 5.32 Å². The number of hydrogen-bond donors (Lipinski definition) is 3. The number of carbonyl (C=O) groups is 2. The molecule has 2 aromatic carbocycles. The van der Waals surface area contributed by atoms with Gasteiger partial charge in [-0.25, -0.2) is 4.79 Å². The topological polar surface area (TPSA) is 105 Å². The van der Waals surface area contributed by atoms with E-state index in [1.807, 2.05) is 24.3 Å². The SMILES string of the molecule is N/N=C/c1ccc(CCCCC(=O)Nc2cccc(C(=O)O)c2)cc1. The Morgan fingerprint density at radius 2 is 1.88 bits per heavy atom. The number of hydrogen-bond acceptors (Lipinski definition) is 4. The van der Waals surface area contributed by atoms with Gasteiger partial charge in [-0.1, -0.05) is 30.3 Å². The first-order valence-corrected chi connectivity index (χ1v) is 8.04. The lowest BCUT2D eigenvalue weighted by molar-refractivity contribution is -0.116. The monoisotopic (exact) mass is 339 g/mol. The van der Waals surface area contributed by atoms with Crippen molar-refractivity contribution in [2.45, 2.75) is 25.7 Å². The van der Waals surface area contributed by atoms with Crippen molar-refractivity contribution in [3.05, 3.63) is 65.2 Å². The lowest BCUT2D eigenvalue weighted by Crippen LogP contribution is -2.11. The van der Waals surface area contributed by atoms with Crippen LogP contribution in [0.5, 0.6) is 0 Å². The zero-order chi connectivity index (χ0) is 18.1. The molecule has 0 aliphatic carbocycles. The van der Waals surface area contributed by atoms with Gasteiger partial charge in [0, 0.05) is 12.1 Å². The van der Waals surface area contributed by atoms with Crippen LogP contribution in [0.1, 0.15) is 40.7 Å². The summed E-state index contributed by atoms with van der Waals surface area (Å²) in [6.07, 6.45) is 4.54. The average molecular weight is 339 g/mol. The third-order valence-electron chi connectivity index (χ3n) is 3.72. The van der Waals surface area contributed by atoms with Gasteiger partial charge in [-0.2, -0.15) is 5.10 Å². The highest BCUT2D eigenvalue weighted by Gasteiger charge is 2.06. The Labute approximate surface area is 146 Å². The Hall–Kier alpha value is -3.15. The molecule has 0 aliphatic rings. The van der Waals surface area contributed by atoms with E-state index in [9.17, 15) is 9.59 Å². The largest absolute Gasteiger partial charge is 0.478 e. The number of hydrazone groups is 1. The number of nitrogens with zero attached hydrogens (tertiary/aromatic N) is 1. The number of carboxylic acid groups (broad SMARTS) is 1. The molecular formula is C19H21N3O3. The molecule has 1 amide bonds. The number of amides is 1. The summed E-state index contributed by atoms with van der Waals surface area (Å²) in [5.74, 6) is 3.98. The molecule has 2 rings (SSSR count). The number of nitrogens with two attached hydrogens (primary N) is 1. The third-order valence-corrected chi connectivity index (χ3v) is 3.72. The van der Waals surface area contributed by atoms with Crippen LogP contribution in [-0.2, 0) is 11.2 Å². The standard InChI is InChI=1S/C19H21N3O3/c20-21-13-15-10-8-14(9-11-15)4-1-2-7-18(23)22-17-6-3-5-16(12-17)19(24)25/h3,5-6,8-13H,1-2,4,7,20H2,(H,22,23)(H,24,25)/b21-13+. The number of aryl methyl sites for hydroxylation is 1. The molecule has 0 unspecified atom stereocenters. The second-order valence-corrected chi connectivity index (χ2v) is 5.66. The summed E-state index contributed by atoms with van der Waals surface area (Å²) in [7, 11) is 0. The molecule has 6 nitrogen and oxygen atoms in total. The van der Waals surface area contributed by atoms with E-state index >= 15 is 0 Å². The van der Waals surface area contributed by atoms with Crippen LogP contribution in [0.3, 0.4) is 0 Å². The molecule has 2 aromatic rings. The van der Waals surface area contributed by atoms with E-state index in [1.54, 1.807) is 18.3 Å². The fourth-order valence-corrected chi connectivity index (χ4v) is 2.42. The highest BCUT2D eigenvalue weighted by atomic mass is 16.4. The lowest BCUT2D eigenvalue weighted by Gasteiger charge is -2.06. The van der Waals surface area contributed by atoms with Crippen molar-refractivity contribution < 1.29 is 14.7 Å². The third kappa shape index (κ3) is 6.10. The Morgan fingerprint density at radius 1 is 1.12 bits per heavy atom. The van der Waals surface area contributed by atoms with Gasteiger partial charge in [-0.3, -0.25) is 4.79 Å². The second kappa shape index (κ2) is 9.22. The minimum Gasteiger partial charge on any atom is -0.478 e. The maximum absolute atomic E-state index is 11.9. The number of carboxylic acids is 1. The number of nitrogens with one attached hydrogen (secondary N) is 1. The zero-order valence-corrected chi connectivity index (χ0v) is 13.8. The van der Waals surface area contributed by atoms with E-state index in [1.165, 1.54) is 17.7 Å². The van der Waals surface area contributed by atoms with Crippen LogP contribution < -0.4 is 11.2 Å². The fraction of sp³-hybridized carbons (Fsp3) is 0.211. The van der Waals surface area contributed by atoms with Gasteiger partial charge < -0.3 is 16.3 Å². The number of aromatic carboxylic acids is 1. The second-order valence-electron chi connectivity index (χ2n) is 5.66. The minimum atomic E-state index is -1.01. The van der Waals surface area contributed by atoms with Gasteiger partial charge in [0.25, 0.3) is 0 Å². The molecule has 0 spiro atoms. The van der Waals surface area contributed by atoms with Crippen LogP contribution in [-0.4, -0.2) is 23.2 Å². The quantitative estimate of drug-likeness (QED) is 0.297. The molecule has 6 heteroatoms. The molecule has 0 aliphatic heterocycles.